The van der Waals surface area contributed by atoms with Crippen molar-refractivity contribution < 1.29 is 17.9 Å². The Morgan fingerprint density at radius 3 is 2.59 bits per heavy atom. The molecule has 0 atom stereocenters. The number of rotatable bonds is 3. The van der Waals surface area contributed by atoms with E-state index < -0.39 is 21.7 Å². The molecule has 3 rings (SSSR count). The molecule has 10 heteroatoms. The molecular formula is C17H21BrN4O4S. The number of fused-ring (bicyclic) bond motifs is 1. The summed E-state index contributed by atoms with van der Waals surface area (Å²) in [7, 11) is -3.79. The van der Waals surface area contributed by atoms with Gasteiger partial charge in [-0.1, -0.05) is 15.9 Å². The van der Waals surface area contributed by atoms with Crippen molar-refractivity contribution in [2.45, 2.75) is 44.2 Å². The molecule has 8 nitrogen and oxygen atoms in total. The molecule has 0 spiro atoms. The molecule has 0 unspecified atom stereocenters. The summed E-state index contributed by atoms with van der Waals surface area (Å²) in [6.45, 7) is 6.10. The average molecular weight is 457 g/mol. The van der Waals surface area contributed by atoms with Gasteiger partial charge in [0.05, 0.1) is 11.4 Å². The monoisotopic (exact) mass is 456 g/mol. The third-order valence-corrected chi connectivity index (χ3v) is 5.82. The minimum absolute atomic E-state index is 0.127. The number of ether oxygens (including phenoxy) is 1. The lowest BCUT2D eigenvalue weighted by Crippen LogP contribution is -2.40. The van der Waals surface area contributed by atoms with E-state index in [2.05, 4.69) is 30.8 Å². The lowest BCUT2D eigenvalue weighted by atomic mass is 10.1. The Kier molecular flexibility index (Phi) is 5.22. The van der Waals surface area contributed by atoms with E-state index in [9.17, 15) is 13.2 Å². The maximum atomic E-state index is 12.6. The minimum Gasteiger partial charge on any atom is -0.444 e. The molecular weight excluding hydrogens is 436 g/mol. The van der Waals surface area contributed by atoms with Gasteiger partial charge >= 0.3 is 6.09 Å². The zero-order chi connectivity index (χ0) is 19.8. The molecule has 1 aromatic carbocycles. The van der Waals surface area contributed by atoms with E-state index in [0.717, 1.165) is 10.2 Å². The van der Waals surface area contributed by atoms with Gasteiger partial charge in [-0.15, -0.1) is 0 Å². The highest BCUT2D eigenvalue weighted by Gasteiger charge is 2.30. The highest BCUT2D eigenvalue weighted by Crippen LogP contribution is 2.27. The maximum Gasteiger partial charge on any atom is 0.410 e. The fourth-order valence-electron chi connectivity index (χ4n) is 2.66. The van der Waals surface area contributed by atoms with E-state index >= 15 is 0 Å². The first kappa shape index (κ1) is 19.7. The van der Waals surface area contributed by atoms with Gasteiger partial charge in [0.2, 0.25) is 0 Å². The number of carbonyl (C=O) groups excluding carboxylic acids is 1. The molecule has 0 radical (unpaired) electrons. The van der Waals surface area contributed by atoms with Gasteiger partial charge in [-0.3, -0.25) is 9.82 Å². The van der Waals surface area contributed by atoms with Gasteiger partial charge in [0.25, 0.3) is 10.0 Å². The second kappa shape index (κ2) is 7.16. The third kappa shape index (κ3) is 4.62. The first-order valence-corrected chi connectivity index (χ1v) is 10.7. The molecule has 146 valence electrons. The Labute approximate surface area is 166 Å². The van der Waals surface area contributed by atoms with Crippen LogP contribution in [0, 0.1) is 0 Å². The molecule has 1 aliphatic rings. The number of sulfonamides is 1. The summed E-state index contributed by atoms with van der Waals surface area (Å²) < 4.78 is 33.9. The predicted molar refractivity (Wildman–Crippen MR) is 104 cm³/mol. The first-order chi connectivity index (χ1) is 12.5. The fraction of sp³-hybridized carbons (Fsp3) is 0.412. The Morgan fingerprint density at radius 2 is 1.96 bits per heavy atom. The normalized spacial score (nSPS) is 14.6. The number of nitrogens with one attached hydrogen (secondary N) is 2. The van der Waals surface area contributed by atoms with Crippen molar-refractivity contribution in [2.75, 3.05) is 11.3 Å². The molecule has 0 bridgehead atoms. The molecule has 0 aliphatic carbocycles. The minimum atomic E-state index is -3.79. The SMILES string of the molecule is CC(C)(C)OC(=O)N1CCc2[nH]nc(NS(=O)(=O)c3ccc(Br)cc3)c2C1. The summed E-state index contributed by atoms with van der Waals surface area (Å²) in [4.78, 5) is 14.0. The van der Waals surface area contributed by atoms with Crippen molar-refractivity contribution in [1.29, 1.82) is 0 Å². The lowest BCUT2D eigenvalue weighted by Gasteiger charge is -2.30. The van der Waals surface area contributed by atoms with Gasteiger partial charge in [0, 0.05) is 28.7 Å². The molecule has 1 amide bonds. The zero-order valence-electron chi connectivity index (χ0n) is 15.2. The van der Waals surface area contributed by atoms with Gasteiger partial charge < -0.3 is 9.64 Å². The number of hydrogen-bond donors (Lipinski definition) is 2. The van der Waals surface area contributed by atoms with Crippen LogP contribution in [0.15, 0.2) is 33.6 Å². The molecule has 27 heavy (non-hydrogen) atoms. The highest BCUT2D eigenvalue weighted by atomic mass is 79.9. The lowest BCUT2D eigenvalue weighted by molar-refractivity contribution is 0.0224. The largest absolute Gasteiger partial charge is 0.444 e. The molecule has 1 aliphatic heterocycles. The van der Waals surface area contributed by atoms with Crippen LogP contribution in [0.2, 0.25) is 0 Å². The fourth-order valence-corrected chi connectivity index (χ4v) is 3.96. The van der Waals surface area contributed by atoms with E-state index in [1.165, 1.54) is 12.1 Å². The van der Waals surface area contributed by atoms with Gasteiger partial charge in [-0.05, 0) is 45.0 Å². The Balaban J connectivity index is 1.80. The van der Waals surface area contributed by atoms with Crippen LogP contribution in [-0.4, -0.2) is 41.8 Å². The summed E-state index contributed by atoms with van der Waals surface area (Å²) in [5, 5.41) is 6.94. The van der Waals surface area contributed by atoms with Gasteiger partial charge in [0.15, 0.2) is 5.82 Å². The van der Waals surface area contributed by atoms with Crippen LogP contribution in [0.3, 0.4) is 0 Å². The van der Waals surface area contributed by atoms with E-state index in [1.54, 1.807) is 37.8 Å². The second-order valence-corrected chi connectivity index (χ2v) is 9.84. The number of halogens is 1. The van der Waals surface area contributed by atoms with Crippen molar-refractivity contribution in [3.05, 3.63) is 40.0 Å². The topological polar surface area (TPSA) is 104 Å². The van der Waals surface area contributed by atoms with Crippen molar-refractivity contribution >= 4 is 37.9 Å². The Morgan fingerprint density at radius 1 is 1.30 bits per heavy atom. The van der Waals surface area contributed by atoms with E-state index in [4.69, 9.17) is 4.74 Å². The summed E-state index contributed by atoms with van der Waals surface area (Å²) >= 11 is 3.28. The van der Waals surface area contributed by atoms with Crippen LogP contribution < -0.4 is 4.72 Å². The Hall–Kier alpha value is -2.07. The van der Waals surface area contributed by atoms with Crippen molar-refractivity contribution in [3.63, 3.8) is 0 Å². The number of benzene rings is 1. The maximum absolute atomic E-state index is 12.6. The van der Waals surface area contributed by atoms with Crippen LogP contribution in [0.1, 0.15) is 32.0 Å². The van der Waals surface area contributed by atoms with Crippen molar-refractivity contribution in [3.8, 4) is 0 Å². The van der Waals surface area contributed by atoms with E-state index in [0.29, 0.717) is 18.5 Å². The smallest absolute Gasteiger partial charge is 0.410 e. The Bertz CT molecular complexity index is 948. The quantitative estimate of drug-likeness (QED) is 0.737. The first-order valence-electron chi connectivity index (χ1n) is 8.37. The summed E-state index contributed by atoms with van der Waals surface area (Å²) in [5.74, 6) is 0.196. The molecule has 0 saturated carbocycles. The summed E-state index contributed by atoms with van der Waals surface area (Å²) in [6, 6.07) is 6.30. The number of hydrogen-bond acceptors (Lipinski definition) is 5. The van der Waals surface area contributed by atoms with Gasteiger partial charge in [-0.2, -0.15) is 5.10 Å². The standard InChI is InChI=1S/C17H21BrN4O4S/c1-17(2,3)26-16(23)22-9-8-14-13(10-22)15(20-19-14)21-27(24,25)12-6-4-11(18)5-7-12/h4-7H,8-10H2,1-3H3,(H2,19,20,21). The van der Waals surface area contributed by atoms with Gasteiger partial charge in [-0.25, -0.2) is 13.2 Å². The molecule has 2 aromatic rings. The molecule has 2 N–H and O–H groups in total. The average Bonchev–Trinajstić information content (AvgIpc) is 2.95. The molecule has 1 aromatic heterocycles. The zero-order valence-corrected chi connectivity index (χ0v) is 17.6. The van der Waals surface area contributed by atoms with Crippen LogP contribution in [-0.2, 0) is 27.7 Å². The third-order valence-electron chi connectivity index (χ3n) is 3.94. The second-order valence-electron chi connectivity index (χ2n) is 7.24. The van der Waals surface area contributed by atoms with Gasteiger partial charge in [0.1, 0.15) is 5.60 Å². The number of carbonyl (C=O) groups is 1. The van der Waals surface area contributed by atoms with Crippen LogP contribution in [0.5, 0.6) is 0 Å². The van der Waals surface area contributed by atoms with Crippen LogP contribution >= 0.6 is 15.9 Å². The van der Waals surface area contributed by atoms with Crippen LogP contribution in [0.25, 0.3) is 0 Å². The van der Waals surface area contributed by atoms with Crippen LogP contribution in [0.4, 0.5) is 10.6 Å². The van der Waals surface area contributed by atoms with E-state index in [-0.39, 0.29) is 17.3 Å². The number of anilines is 1. The predicted octanol–water partition coefficient (Wildman–Crippen LogP) is 3.27. The summed E-state index contributed by atoms with van der Waals surface area (Å²) in [6.07, 6.45) is 0.109. The number of H-pyrrole nitrogens is 1. The number of nitrogens with zero attached hydrogens (tertiary/aromatic N) is 2. The summed E-state index contributed by atoms with van der Waals surface area (Å²) in [5.41, 5.74) is 0.857. The molecule has 2 heterocycles. The van der Waals surface area contributed by atoms with E-state index in [1.807, 2.05) is 0 Å². The number of aromatic amines is 1. The number of amides is 1. The number of aromatic nitrogens is 2. The van der Waals surface area contributed by atoms with Crippen molar-refractivity contribution in [1.82, 2.24) is 15.1 Å². The highest BCUT2D eigenvalue weighted by molar-refractivity contribution is 9.10. The molecule has 0 saturated heterocycles. The van der Waals surface area contributed by atoms with Crippen molar-refractivity contribution in [2.24, 2.45) is 0 Å². The molecule has 0 fully saturated rings.